The smallest absolute Gasteiger partial charge is 0.231 e. The van der Waals surface area contributed by atoms with E-state index in [-0.39, 0.29) is 11.8 Å². The van der Waals surface area contributed by atoms with Crippen molar-refractivity contribution in [1.82, 2.24) is 9.97 Å². The number of carbonyl (C=O) groups excluding carboxylic acids is 1. The number of nitrogens with one attached hydrogen (secondary N) is 2. The third kappa shape index (κ3) is 2.96. The van der Waals surface area contributed by atoms with Gasteiger partial charge in [0, 0.05) is 33.0 Å². The van der Waals surface area contributed by atoms with Crippen LogP contribution in [0.4, 0.5) is 5.69 Å². The molecule has 25 heavy (non-hydrogen) atoms. The minimum absolute atomic E-state index is 0.0634. The van der Waals surface area contributed by atoms with Crippen LogP contribution >= 0.6 is 11.6 Å². The van der Waals surface area contributed by atoms with Crippen LogP contribution in [0.15, 0.2) is 60.9 Å². The van der Waals surface area contributed by atoms with Crippen molar-refractivity contribution in [3.8, 4) is 0 Å². The van der Waals surface area contributed by atoms with E-state index < -0.39 is 0 Å². The predicted molar refractivity (Wildman–Crippen MR) is 102 cm³/mol. The van der Waals surface area contributed by atoms with Crippen molar-refractivity contribution < 1.29 is 4.79 Å². The van der Waals surface area contributed by atoms with Crippen molar-refractivity contribution in [2.24, 2.45) is 0 Å². The molecule has 1 unspecified atom stereocenters. The summed E-state index contributed by atoms with van der Waals surface area (Å²) in [7, 11) is 0. The summed E-state index contributed by atoms with van der Waals surface area (Å²) in [4.78, 5) is 19.9. The van der Waals surface area contributed by atoms with Crippen LogP contribution in [0.2, 0.25) is 5.02 Å². The second kappa shape index (κ2) is 6.22. The van der Waals surface area contributed by atoms with Gasteiger partial charge in [0.2, 0.25) is 5.91 Å². The average Bonchev–Trinajstić information content (AvgIpc) is 2.99. The highest BCUT2D eigenvalue weighted by Gasteiger charge is 2.17. The summed E-state index contributed by atoms with van der Waals surface area (Å²) in [6.45, 7) is 1.90. The Morgan fingerprint density at radius 2 is 2.00 bits per heavy atom. The zero-order valence-corrected chi connectivity index (χ0v) is 14.3. The number of carbonyl (C=O) groups is 1. The first-order valence-corrected chi connectivity index (χ1v) is 8.41. The number of fused-ring (bicyclic) bond motifs is 3. The Morgan fingerprint density at radius 3 is 2.80 bits per heavy atom. The summed E-state index contributed by atoms with van der Waals surface area (Å²) in [5.74, 6) is -0.342. The van der Waals surface area contributed by atoms with Gasteiger partial charge in [0.05, 0.1) is 17.8 Å². The van der Waals surface area contributed by atoms with E-state index in [0.717, 1.165) is 27.4 Å². The molecule has 0 spiro atoms. The number of H-pyrrole nitrogens is 1. The summed E-state index contributed by atoms with van der Waals surface area (Å²) >= 11 is 6.10. The maximum absolute atomic E-state index is 12.5. The lowest BCUT2D eigenvalue weighted by Crippen LogP contribution is -2.18. The highest BCUT2D eigenvalue weighted by atomic mass is 35.5. The SMILES string of the molecule is CC(C(=O)Nc1cccnc1)c1ccc2c(c1)[nH]c1ccc(Cl)cc12. The zero-order chi connectivity index (χ0) is 17.4. The topological polar surface area (TPSA) is 57.8 Å². The number of aromatic nitrogens is 2. The lowest BCUT2D eigenvalue weighted by Gasteiger charge is -2.12. The molecule has 0 aliphatic carbocycles. The molecule has 0 saturated carbocycles. The Kier molecular flexibility index (Phi) is 3.90. The lowest BCUT2D eigenvalue weighted by molar-refractivity contribution is -0.117. The number of benzene rings is 2. The van der Waals surface area contributed by atoms with Gasteiger partial charge in [-0.2, -0.15) is 0 Å². The summed E-state index contributed by atoms with van der Waals surface area (Å²) < 4.78 is 0. The molecule has 0 aliphatic rings. The maximum atomic E-state index is 12.5. The van der Waals surface area contributed by atoms with E-state index in [2.05, 4.69) is 15.3 Å². The molecule has 124 valence electrons. The molecule has 1 atom stereocenters. The Balaban J connectivity index is 1.66. The molecule has 0 radical (unpaired) electrons. The molecule has 0 fully saturated rings. The van der Waals surface area contributed by atoms with Gasteiger partial charge < -0.3 is 10.3 Å². The molecule has 4 rings (SSSR count). The van der Waals surface area contributed by atoms with Gasteiger partial charge in [-0.25, -0.2) is 0 Å². The van der Waals surface area contributed by atoms with Crippen LogP contribution in [0.25, 0.3) is 21.8 Å². The summed E-state index contributed by atoms with van der Waals surface area (Å²) in [6, 6.07) is 15.5. The molecule has 0 bridgehead atoms. The van der Waals surface area contributed by atoms with E-state index in [9.17, 15) is 4.79 Å². The third-order valence-corrected chi connectivity index (χ3v) is 4.64. The van der Waals surface area contributed by atoms with Crippen molar-refractivity contribution >= 4 is 45.0 Å². The number of hydrogen-bond donors (Lipinski definition) is 2. The molecule has 2 heterocycles. The first-order chi connectivity index (χ1) is 12.1. The molecular formula is C20H16ClN3O. The van der Waals surface area contributed by atoms with E-state index in [4.69, 9.17) is 11.6 Å². The number of nitrogens with zero attached hydrogens (tertiary/aromatic N) is 1. The number of halogens is 1. The second-order valence-corrected chi connectivity index (χ2v) is 6.51. The molecule has 0 saturated heterocycles. The van der Waals surface area contributed by atoms with Gasteiger partial charge in [-0.15, -0.1) is 0 Å². The van der Waals surface area contributed by atoms with Crippen molar-refractivity contribution in [3.05, 3.63) is 71.5 Å². The largest absolute Gasteiger partial charge is 0.355 e. The van der Waals surface area contributed by atoms with Gasteiger partial charge in [-0.1, -0.05) is 23.7 Å². The molecule has 4 nitrogen and oxygen atoms in total. The van der Waals surface area contributed by atoms with Crippen LogP contribution in [0, 0.1) is 0 Å². The first kappa shape index (κ1) is 15.7. The van der Waals surface area contributed by atoms with E-state index >= 15 is 0 Å². The average molecular weight is 350 g/mol. The van der Waals surface area contributed by atoms with Crippen LogP contribution in [-0.2, 0) is 4.79 Å². The summed E-state index contributed by atoms with van der Waals surface area (Å²) in [5, 5.41) is 5.79. The second-order valence-electron chi connectivity index (χ2n) is 6.07. The van der Waals surface area contributed by atoms with E-state index in [1.165, 1.54) is 0 Å². The lowest BCUT2D eigenvalue weighted by atomic mass is 9.98. The quantitative estimate of drug-likeness (QED) is 0.540. The van der Waals surface area contributed by atoms with Crippen molar-refractivity contribution in [3.63, 3.8) is 0 Å². The molecule has 2 N–H and O–H groups in total. The fourth-order valence-electron chi connectivity index (χ4n) is 3.00. The fourth-order valence-corrected chi connectivity index (χ4v) is 3.17. The Hall–Kier alpha value is -2.85. The molecule has 4 aromatic rings. The molecular weight excluding hydrogens is 334 g/mol. The highest BCUT2D eigenvalue weighted by molar-refractivity contribution is 6.31. The first-order valence-electron chi connectivity index (χ1n) is 8.03. The highest BCUT2D eigenvalue weighted by Crippen LogP contribution is 2.30. The fraction of sp³-hybridized carbons (Fsp3) is 0.100. The number of aromatic amines is 1. The van der Waals surface area contributed by atoms with Crippen molar-refractivity contribution in [2.75, 3.05) is 5.32 Å². The van der Waals surface area contributed by atoms with Crippen molar-refractivity contribution in [2.45, 2.75) is 12.8 Å². The molecule has 5 heteroatoms. The van der Waals surface area contributed by atoms with Gasteiger partial charge in [0.25, 0.3) is 0 Å². The maximum Gasteiger partial charge on any atom is 0.231 e. The number of hydrogen-bond acceptors (Lipinski definition) is 2. The van der Waals surface area contributed by atoms with Crippen LogP contribution in [0.1, 0.15) is 18.4 Å². The Bertz CT molecular complexity index is 1070. The number of pyridine rings is 1. The minimum Gasteiger partial charge on any atom is -0.355 e. The van der Waals surface area contributed by atoms with Gasteiger partial charge >= 0.3 is 0 Å². The summed E-state index contributed by atoms with van der Waals surface area (Å²) in [5.41, 5.74) is 3.67. The van der Waals surface area contributed by atoms with Crippen LogP contribution in [-0.4, -0.2) is 15.9 Å². The van der Waals surface area contributed by atoms with E-state index in [0.29, 0.717) is 10.7 Å². The van der Waals surface area contributed by atoms with Gasteiger partial charge in [0.15, 0.2) is 0 Å². The van der Waals surface area contributed by atoms with Gasteiger partial charge in [0.1, 0.15) is 0 Å². The third-order valence-electron chi connectivity index (χ3n) is 4.41. The van der Waals surface area contributed by atoms with E-state index in [1.807, 2.05) is 49.4 Å². The Morgan fingerprint density at radius 1 is 1.12 bits per heavy atom. The summed E-state index contributed by atoms with van der Waals surface area (Å²) in [6.07, 6.45) is 3.31. The number of rotatable bonds is 3. The van der Waals surface area contributed by atoms with Gasteiger partial charge in [-0.05, 0) is 48.9 Å². The molecule has 2 aromatic carbocycles. The predicted octanol–water partition coefficient (Wildman–Crippen LogP) is 5.11. The molecule has 2 aromatic heterocycles. The van der Waals surface area contributed by atoms with Gasteiger partial charge in [-0.3, -0.25) is 9.78 Å². The van der Waals surface area contributed by atoms with E-state index in [1.54, 1.807) is 18.5 Å². The number of anilines is 1. The van der Waals surface area contributed by atoms with Crippen LogP contribution in [0.5, 0.6) is 0 Å². The normalized spacial score (nSPS) is 12.4. The zero-order valence-electron chi connectivity index (χ0n) is 13.6. The van der Waals surface area contributed by atoms with Crippen LogP contribution in [0.3, 0.4) is 0 Å². The standard InChI is InChI=1S/C20H16ClN3O/c1-12(20(25)23-15-3-2-8-22-11-15)13-4-6-16-17-10-14(21)5-7-18(17)24-19(16)9-13/h2-12,24H,1H3,(H,23,25). The number of amides is 1. The van der Waals surface area contributed by atoms with Crippen molar-refractivity contribution in [1.29, 1.82) is 0 Å². The monoisotopic (exact) mass is 349 g/mol. The molecule has 0 aliphatic heterocycles. The van der Waals surface area contributed by atoms with Crippen LogP contribution < -0.4 is 5.32 Å². The Labute approximate surface area is 149 Å². The molecule has 1 amide bonds. The minimum atomic E-state index is -0.278.